The predicted octanol–water partition coefficient (Wildman–Crippen LogP) is 4.77. The van der Waals surface area contributed by atoms with Crippen LogP contribution in [0, 0.1) is 5.82 Å². The first-order valence-electron chi connectivity index (χ1n) is 6.68. The van der Waals surface area contributed by atoms with Crippen molar-refractivity contribution in [1.29, 1.82) is 0 Å². The van der Waals surface area contributed by atoms with Crippen molar-refractivity contribution >= 4 is 28.7 Å². The maximum Gasteiger partial charge on any atom is 0.144 e. The van der Waals surface area contributed by atoms with Gasteiger partial charge in [0, 0.05) is 22.2 Å². The van der Waals surface area contributed by atoms with Crippen molar-refractivity contribution in [2.24, 2.45) is 0 Å². The minimum absolute atomic E-state index is 0.0802. The van der Waals surface area contributed by atoms with Gasteiger partial charge in [-0.05, 0) is 60.0 Å². The van der Waals surface area contributed by atoms with Gasteiger partial charge in [-0.3, -0.25) is 4.79 Å². The Hall–Kier alpha value is -1.19. The van der Waals surface area contributed by atoms with E-state index in [-0.39, 0.29) is 23.9 Å². The van der Waals surface area contributed by atoms with Crippen LogP contribution in [-0.4, -0.2) is 5.78 Å². The first kappa shape index (κ1) is 13.8. The van der Waals surface area contributed by atoms with E-state index in [0.717, 1.165) is 24.8 Å². The minimum atomic E-state index is -0.357. The number of aryl methyl sites for hydroxylation is 1. The normalized spacial score (nSPS) is 17.8. The summed E-state index contributed by atoms with van der Waals surface area (Å²) in [4.78, 5) is 13.8. The van der Waals surface area contributed by atoms with Crippen LogP contribution in [-0.2, 0) is 17.6 Å². The Morgan fingerprint density at radius 2 is 2.25 bits per heavy atom. The van der Waals surface area contributed by atoms with E-state index in [1.807, 2.05) is 11.4 Å². The molecule has 0 saturated carbocycles. The number of fused-ring (bicyclic) bond motifs is 1. The van der Waals surface area contributed by atoms with Gasteiger partial charge in [0.05, 0.1) is 0 Å². The van der Waals surface area contributed by atoms with Crippen LogP contribution >= 0.6 is 22.9 Å². The molecule has 2 aromatic rings. The van der Waals surface area contributed by atoms with Crippen LogP contribution in [0.3, 0.4) is 0 Å². The van der Waals surface area contributed by atoms with Crippen LogP contribution in [0.5, 0.6) is 0 Å². The first-order valence-corrected chi connectivity index (χ1v) is 7.94. The summed E-state index contributed by atoms with van der Waals surface area (Å²) in [7, 11) is 0. The average molecular weight is 309 g/mol. The number of thiophene rings is 1. The van der Waals surface area contributed by atoms with Gasteiger partial charge in [0.2, 0.25) is 0 Å². The van der Waals surface area contributed by atoms with Crippen LogP contribution in [0.15, 0.2) is 29.6 Å². The molecule has 1 unspecified atom stereocenters. The summed E-state index contributed by atoms with van der Waals surface area (Å²) in [5.41, 5.74) is 1.54. The van der Waals surface area contributed by atoms with Gasteiger partial charge in [0.25, 0.3) is 0 Å². The van der Waals surface area contributed by atoms with E-state index in [1.165, 1.54) is 17.0 Å². The van der Waals surface area contributed by atoms with Gasteiger partial charge >= 0.3 is 0 Å². The smallest absolute Gasteiger partial charge is 0.144 e. The highest BCUT2D eigenvalue weighted by molar-refractivity contribution is 7.10. The first-order chi connectivity index (χ1) is 9.65. The minimum Gasteiger partial charge on any atom is -0.299 e. The second-order valence-corrected chi connectivity index (χ2v) is 6.56. The van der Waals surface area contributed by atoms with E-state index < -0.39 is 0 Å². The van der Waals surface area contributed by atoms with Gasteiger partial charge in [-0.15, -0.1) is 11.3 Å². The fourth-order valence-electron chi connectivity index (χ4n) is 2.81. The zero-order valence-electron chi connectivity index (χ0n) is 10.9. The number of rotatable bonds is 3. The van der Waals surface area contributed by atoms with Crippen molar-refractivity contribution in [3.8, 4) is 0 Å². The molecule has 1 nitrogen and oxygen atoms in total. The monoisotopic (exact) mass is 308 g/mol. The summed E-state index contributed by atoms with van der Waals surface area (Å²) >= 11 is 7.58. The quantitative estimate of drug-likeness (QED) is 0.798. The van der Waals surface area contributed by atoms with E-state index in [1.54, 1.807) is 17.4 Å². The van der Waals surface area contributed by atoms with Crippen molar-refractivity contribution < 1.29 is 9.18 Å². The lowest BCUT2D eigenvalue weighted by atomic mass is 9.83. The molecule has 4 heteroatoms. The Labute approximate surface area is 126 Å². The number of ketones is 1. The molecule has 0 N–H and O–H groups in total. The number of halogens is 2. The molecule has 20 heavy (non-hydrogen) atoms. The van der Waals surface area contributed by atoms with E-state index in [0.29, 0.717) is 10.6 Å². The number of carbonyl (C=O) groups excluding carboxylic acids is 1. The zero-order chi connectivity index (χ0) is 14.1. The molecule has 0 spiro atoms. The van der Waals surface area contributed by atoms with Gasteiger partial charge in [-0.2, -0.15) is 0 Å². The van der Waals surface area contributed by atoms with E-state index in [9.17, 15) is 9.18 Å². The molecule has 0 bridgehead atoms. The molecular formula is C16H14ClFOS. The number of benzene rings is 1. The van der Waals surface area contributed by atoms with Gasteiger partial charge in [0.1, 0.15) is 11.6 Å². The molecule has 1 atom stereocenters. The molecule has 1 aromatic carbocycles. The van der Waals surface area contributed by atoms with E-state index >= 15 is 0 Å². The van der Waals surface area contributed by atoms with Gasteiger partial charge in [-0.25, -0.2) is 4.39 Å². The summed E-state index contributed by atoms with van der Waals surface area (Å²) in [5.74, 6) is -0.349. The summed E-state index contributed by atoms with van der Waals surface area (Å²) in [6, 6.07) is 6.41. The Morgan fingerprint density at radius 1 is 1.40 bits per heavy atom. The van der Waals surface area contributed by atoms with Crippen molar-refractivity contribution in [2.75, 3.05) is 0 Å². The largest absolute Gasteiger partial charge is 0.299 e. The van der Waals surface area contributed by atoms with Crippen molar-refractivity contribution in [3.05, 3.63) is 56.5 Å². The third kappa shape index (κ3) is 2.65. The Bertz CT molecular complexity index is 650. The second-order valence-electron chi connectivity index (χ2n) is 5.12. The maximum absolute atomic E-state index is 13.7. The summed E-state index contributed by atoms with van der Waals surface area (Å²) in [6.45, 7) is 0. The van der Waals surface area contributed by atoms with Crippen LogP contribution in [0.1, 0.15) is 34.8 Å². The van der Waals surface area contributed by atoms with Gasteiger partial charge in [0.15, 0.2) is 0 Å². The highest BCUT2D eigenvalue weighted by atomic mass is 35.5. The highest BCUT2D eigenvalue weighted by Crippen LogP contribution is 2.36. The number of Topliss-reactive ketones (excluding diaryl/α,β-unsaturated/α-hetero) is 1. The lowest BCUT2D eigenvalue weighted by Gasteiger charge is -2.21. The molecule has 0 aliphatic heterocycles. The number of carbonyl (C=O) groups is 1. The lowest BCUT2D eigenvalue weighted by molar-refractivity contribution is -0.120. The summed E-state index contributed by atoms with van der Waals surface area (Å²) in [6.07, 6.45) is 3.07. The Balaban J connectivity index is 1.83. The Morgan fingerprint density at radius 3 is 3.10 bits per heavy atom. The van der Waals surface area contributed by atoms with Crippen molar-refractivity contribution in [1.82, 2.24) is 0 Å². The third-order valence-electron chi connectivity index (χ3n) is 3.81. The predicted molar refractivity (Wildman–Crippen MR) is 80.1 cm³/mol. The van der Waals surface area contributed by atoms with Crippen LogP contribution in [0.4, 0.5) is 4.39 Å². The lowest BCUT2D eigenvalue weighted by Crippen LogP contribution is -2.19. The van der Waals surface area contributed by atoms with Gasteiger partial charge in [-0.1, -0.05) is 11.6 Å². The zero-order valence-corrected chi connectivity index (χ0v) is 12.4. The molecule has 1 aliphatic carbocycles. The van der Waals surface area contributed by atoms with Gasteiger partial charge < -0.3 is 0 Å². The fourth-order valence-corrected chi connectivity index (χ4v) is 3.99. The van der Waals surface area contributed by atoms with Crippen LogP contribution < -0.4 is 0 Å². The van der Waals surface area contributed by atoms with Crippen LogP contribution in [0.25, 0.3) is 0 Å². The molecule has 104 valence electrons. The molecule has 0 saturated heterocycles. The van der Waals surface area contributed by atoms with Crippen molar-refractivity contribution in [3.63, 3.8) is 0 Å². The van der Waals surface area contributed by atoms with Crippen molar-refractivity contribution in [2.45, 2.75) is 31.6 Å². The standard InChI is InChI=1S/C16H14ClFOS/c17-11-4-5-14(18)10(8-11)9-15(19)12-2-1-3-16-13(12)6-7-20-16/h4-8,12H,1-3,9H2. The molecular weight excluding hydrogens is 295 g/mol. The highest BCUT2D eigenvalue weighted by Gasteiger charge is 2.27. The Kier molecular flexibility index (Phi) is 3.90. The van der Waals surface area contributed by atoms with E-state index in [2.05, 4.69) is 0 Å². The topological polar surface area (TPSA) is 17.1 Å². The second kappa shape index (κ2) is 5.66. The fraction of sp³-hybridized carbons (Fsp3) is 0.312. The summed E-state index contributed by atoms with van der Waals surface area (Å²) in [5, 5.41) is 2.50. The maximum atomic E-state index is 13.7. The molecule has 0 amide bonds. The average Bonchev–Trinajstić information content (AvgIpc) is 2.91. The number of hydrogen-bond acceptors (Lipinski definition) is 2. The molecule has 0 radical (unpaired) electrons. The molecule has 3 rings (SSSR count). The number of hydrogen-bond donors (Lipinski definition) is 0. The summed E-state index contributed by atoms with van der Waals surface area (Å²) < 4.78 is 13.7. The SMILES string of the molecule is O=C(Cc1cc(Cl)ccc1F)C1CCCc2sccc21. The van der Waals surface area contributed by atoms with E-state index in [4.69, 9.17) is 11.6 Å². The molecule has 0 fully saturated rings. The molecule has 1 aromatic heterocycles. The van der Waals surface area contributed by atoms with Crippen LogP contribution in [0.2, 0.25) is 5.02 Å². The molecule has 1 aliphatic rings. The molecule has 1 heterocycles. The third-order valence-corrected chi connectivity index (χ3v) is 5.04.